The fourth-order valence-electron chi connectivity index (χ4n) is 2.29. The SMILES string of the molecule is CC(C)(C)NC(=O)c1nn2c(C(F)(F)F)cc(-c3ccco3)nc2c1Br. The molecule has 6 nitrogen and oxygen atoms in total. The Morgan fingerprint density at radius 3 is 2.54 bits per heavy atom. The molecular weight excluding hydrogens is 417 g/mol. The summed E-state index contributed by atoms with van der Waals surface area (Å²) < 4.78 is 46.4. The fraction of sp³-hybridized carbons (Fsp3) is 0.312. The van der Waals surface area contributed by atoms with Crippen LogP contribution in [0.3, 0.4) is 0 Å². The number of nitrogens with zero attached hydrogens (tertiary/aromatic N) is 3. The Labute approximate surface area is 154 Å². The van der Waals surface area contributed by atoms with Crippen LogP contribution in [0.15, 0.2) is 33.4 Å². The van der Waals surface area contributed by atoms with Gasteiger partial charge in [0.05, 0.1) is 10.7 Å². The molecule has 0 unspecified atom stereocenters. The lowest BCUT2D eigenvalue weighted by molar-refractivity contribution is -0.142. The highest BCUT2D eigenvalue weighted by molar-refractivity contribution is 9.10. The molecule has 0 aromatic carbocycles. The van der Waals surface area contributed by atoms with Gasteiger partial charge in [0.15, 0.2) is 22.8 Å². The van der Waals surface area contributed by atoms with Gasteiger partial charge in [0.1, 0.15) is 5.69 Å². The lowest BCUT2D eigenvalue weighted by atomic mass is 10.1. The third-order valence-electron chi connectivity index (χ3n) is 3.30. The minimum absolute atomic E-state index is 0.0156. The van der Waals surface area contributed by atoms with E-state index < -0.39 is 23.3 Å². The molecule has 138 valence electrons. The third-order valence-corrected chi connectivity index (χ3v) is 4.03. The van der Waals surface area contributed by atoms with Crippen molar-refractivity contribution in [2.45, 2.75) is 32.5 Å². The number of rotatable bonds is 2. The Bertz CT molecular complexity index is 972. The summed E-state index contributed by atoms with van der Waals surface area (Å²) in [5.74, 6) is -0.436. The molecule has 26 heavy (non-hydrogen) atoms. The number of fused-ring (bicyclic) bond motifs is 1. The summed E-state index contributed by atoms with van der Waals surface area (Å²) in [7, 11) is 0. The molecule has 0 aliphatic rings. The van der Waals surface area contributed by atoms with Gasteiger partial charge >= 0.3 is 6.18 Å². The zero-order valence-electron chi connectivity index (χ0n) is 14.0. The smallest absolute Gasteiger partial charge is 0.433 e. The molecule has 0 aliphatic carbocycles. The van der Waals surface area contributed by atoms with E-state index in [1.165, 1.54) is 12.3 Å². The third kappa shape index (κ3) is 3.46. The predicted molar refractivity (Wildman–Crippen MR) is 90.6 cm³/mol. The van der Waals surface area contributed by atoms with Crippen LogP contribution in [-0.4, -0.2) is 26.0 Å². The van der Waals surface area contributed by atoms with E-state index in [-0.39, 0.29) is 27.3 Å². The molecule has 1 amide bonds. The zero-order chi connectivity index (χ0) is 19.3. The van der Waals surface area contributed by atoms with Crippen LogP contribution in [0.25, 0.3) is 17.1 Å². The molecule has 1 N–H and O–H groups in total. The minimum atomic E-state index is -4.70. The van der Waals surface area contributed by atoms with Crippen LogP contribution >= 0.6 is 15.9 Å². The van der Waals surface area contributed by atoms with Gasteiger partial charge in [-0.25, -0.2) is 9.50 Å². The maximum absolute atomic E-state index is 13.5. The zero-order valence-corrected chi connectivity index (χ0v) is 15.6. The molecule has 3 aromatic heterocycles. The second kappa shape index (κ2) is 6.11. The Balaban J connectivity index is 2.24. The topological polar surface area (TPSA) is 72.4 Å². The van der Waals surface area contributed by atoms with Crippen LogP contribution in [0, 0.1) is 0 Å². The number of hydrogen-bond donors (Lipinski definition) is 1. The first-order chi connectivity index (χ1) is 12.0. The number of furan rings is 1. The van der Waals surface area contributed by atoms with E-state index >= 15 is 0 Å². The largest absolute Gasteiger partial charge is 0.463 e. The molecule has 10 heteroatoms. The molecule has 0 aliphatic heterocycles. The van der Waals surface area contributed by atoms with Crippen molar-refractivity contribution in [1.29, 1.82) is 0 Å². The first kappa shape index (κ1) is 18.4. The van der Waals surface area contributed by atoms with Gasteiger partial charge < -0.3 is 9.73 Å². The summed E-state index contributed by atoms with van der Waals surface area (Å²) in [4.78, 5) is 16.6. The van der Waals surface area contributed by atoms with E-state index in [1.54, 1.807) is 26.8 Å². The maximum atomic E-state index is 13.5. The highest BCUT2D eigenvalue weighted by atomic mass is 79.9. The van der Waals surface area contributed by atoms with Crippen LogP contribution in [0.5, 0.6) is 0 Å². The van der Waals surface area contributed by atoms with Gasteiger partial charge in [0.2, 0.25) is 0 Å². The summed E-state index contributed by atoms with van der Waals surface area (Å²) >= 11 is 3.15. The van der Waals surface area contributed by atoms with Crippen molar-refractivity contribution >= 4 is 27.5 Å². The van der Waals surface area contributed by atoms with Gasteiger partial charge in [-0.2, -0.15) is 18.3 Å². The number of hydrogen-bond acceptors (Lipinski definition) is 4. The van der Waals surface area contributed by atoms with Gasteiger partial charge in [0, 0.05) is 5.54 Å². The number of amides is 1. The lowest BCUT2D eigenvalue weighted by Crippen LogP contribution is -2.40. The molecule has 3 heterocycles. The van der Waals surface area contributed by atoms with Crippen LogP contribution in [0.2, 0.25) is 0 Å². The summed E-state index contributed by atoms with van der Waals surface area (Å²) in [6.45, 7) is 5.26. The molecule has 3 rings (SSSR count). The van der Waals surface area contributed by atoms with Gasteiger partial charge in [-0.3, -0.25) is 4.79 Å². The number of alkyl halides is 3. The van der Waals surface area contributed by atoms with Crippen molar-refractivity contribution in [3.05, 3.63) is 40.3 Å². The molecule has 0 bridgehead atoms. The van der Waals surface area contributed by atoms with Gasteiger partial charge in [-0.15, -0.1) is 0 Å². The number of aromatic nitrogens is 3. The summed E-state index contributed by atoms with van der Waals surface area (Å²) in [6.07, 6.45) is -3.37. The van der Waals surface area contributed by atoms with E-state index in [4.69, 9.17) is 4.42 Å². The van der Waals surface area contributed by atoms with Crippen molar-refractivity contribution in [2.75, 3.05) is 0 Å². The highest BCUT2D eigenvalue weighted by Crippen LogP contribution is 2.34. The second-order valence-corrected chi connectivity index (χ2v) is 7.40. The summed E-state index contributed by atoms with van der Waals surface area (Å²) in [5.41, 5.74) is -1.98. The number of carbonyl (C=O) groups excluding carboxylic acids is 1. The number of halogens is 4. The molecule has 3 aromatic rings. The first-order valence-electron chi connectivity index (χ1n) is 7.50. The summed E-state index contributed by atoms with van der Waals surface area (Å²) in [5, 5.41) is 6.50. The lowest BCUT2D eigenvalue weighted by Gasteiger charge is -2.19. The van der Waals surface area contributed by atoms with Crippen molar-refractivity contribution in [3.8, 4) is 11.5 Å². The van der Waals surface area contributed by atoms with E-state index in [0.717, 1.165) is 6.07 Å². The number of carbonyl (C=O) groups is 1. The standard InChI is InChI=1S/C16H14BrF3N4O2/c1-15(2,3)22-14(25)12-11(17)13-21-8(9-5-4-6-26-9)7-10(16(18,19)20)24(13)23-12/h4-7H,1-3H3,(H,22,25). The van der Waals surface area contributed by atoms with Crippen molar-refractivity contribution in [3.63, 3.8) is 0 Å². The average molecular weight is 431 g/mol. The average Bonchev–Trinajstić information content (AvgIpc) is 3.12. The van der Waals surface area contributed by atoms with Gasteiger partial charge in [0.25, 0.3) is 5.91 Å². The van der Waals surface area contributed by atoms with E-state index in [2.05, 4.69) is 31.3 Å². The molecule has 0 saturated heterocycles. The van der Waals surface area contributed by atoms with Crippen molar-refractivity contribution < 1.29 is 22.4 Å². The quantitative estimate of drug-likeness (QED) is 0.657. The Hall–Kier alpha value is -2.36. The van der Waals surface area contributed by atoms with Gasteiger partial charge in [-0.05, 0) is 54.9 Å². The molecule has 0 saturated carbocycles. The molecule has 0 spiro atoms. The van der Waals surface area contributed by atoms with Crippen LogP contribution in [0.1, 0.15) is 37.0 Å². The molecular formula is C16H14BrF3N4O2. The van der Waals surface area contributed by atoms with E-state index in [9.17, 15) is 18.0 Å². The van der Waals surface area contributed by atoms with E-state index in [1.807, 2.05) is 0 Å². The minimum Gasteiger partial charge on any atom is -0.463 e. The van der Waals surface area contributed by atoms with E-state index in [0.29, 0.717) is 4.52 Å². The molecule has 0 atom stereocenters. The fourth-order valence-corrected chi connectivity index (χ4v) is 2.80. The Morgan fingerprint density at radius 1 is 1.31 bits per heavy atom. The first-order valence-corrected chi connectivity index (χ1v) is 8.29. The predicted octanol–water partition coefficient (Wildman–Crippen LogP) is 4.30. The summed E-state index contributed by atoms with van der Waals surface area (Å²) in [6, 6.07) is 3.87. The Kier molecular flexibility index (Phi) is 4.33. The Morgan fingerprint density at radius 2 is 2.00 bits per heavy atom. The maximum Gasteiger partial charge on any atom is 0.433 e. The number of nitrogens with one attached hydrogen (secondary N) is 1. The van der Waals surface area contributed by atoms with Crippen molar-refractivity contribution in [1.82, 2.24) is 19.9 Å². The van der Waals surface area contributed by atoms with Crippen LogP contribution in [-0.2, 0) is 6.18 Å². The van der Waals surface area contributed by atoms with Crippen LogP contribution in [0.4, 0.5) is 13.2 Å². The van der Waals surface area contributed by atoms with Crippen molar-refractivity contribution in [2.24, 2.45) is 0 Å². The normalized spacial score (nSPS) is 12.6. The second-order valence-electron chi connectivity index (χ2n) is 6.60. The monoisotopic (exact) mass is 430 g/mol. The van der Waals surface area contributed by atoms with Gasteiger partial charge in [-0.1, -0.05) is 0 Å². The van der Waals surface area contributed by atoms with Crippen LogP contribution < -0.4 is 5.32 Å². The molecule has 0 fully saturated rings. The molecule has 0 radical (unpaired) electrons. The highest BCUT2D eigenvalue weighted by Gasteiger charge is 2.37.